The molecule has 2 aromatic heterocycles. The van der Waals surface area contributed by atoms with Crippen LogP contribution < -0.4 is 5.32 Å². The maximum Gasteiger partial charge on any atom is 0.255 e. The molecule has 1 aliphatic rings. The zero-order chi connectivity index (χ0) is 16.4. The number of fused-ring (bicyclic) bond motifs is 1. The lowest BCUT2D eigenvalue weighted by atomic mass is 9.89. The van der Waals surface area contributed by atoms with Crippen molar-refractivity contribution in [1.82, 2.24) is 5.32 Å². The molecule has 1 N–H and O–H groups in total. The van der Waals surface area contributed by atoms with Gasteiger partial charge in [-0.25, -0.2) is 0 Å². The summed E-state index contributed by atoms with van der Waals surface area (Å²) < 4.78 is 5.03. The van der Waals surface area contributed by atoms with E-state index >= 15 is 0 Å². The lowest BCUT2D eigenvalue weighted by Gasteiger charge is -2.22. The molecule has 1 amide bonds. The molecular formula is C20H19NO2S. The van der Waals surface area contributed by atoms with Crippen molar-refractivity contribution < 1.29 is 9.21 Å². The van der Waals surface area contributed by atoms with Crippen LogP contribution in [0.15, 0.2) is 58.7 Å². The predicted octanol–water partition coefficient (Wildman–Crippen LogP) is 4.74. The summed E-state index contributed by atoms with van der Waals surface area (Å²) in [5, 5.41) is 5.20. The van der Waals surface area contributed by atoms with Crippen molar-refractivity contribution in [1.29, 1.82) is 0 Å². The molecule has 1 unspecified atom stereocenters. The summed E-state index contributed by atoms with van der Waals surface area (Å²) >= 11 is 1.66. The van der Waals surface area contributed by atoms with Crippen molar-refractivity contribution in [3.8, 4) is 0 Å². The van der Waals surface area contributed by atoms with Gasteiger partial charge in [0.15, 0.2) is 0 Å². The van der Waals surface area contributed by atoms with E-state index in [1.807, 2.05) is 11.4 Å². The highest BCUT2D eigenvalue weighted by Crippen LogP contribution is 2.30. The topological polar surface area (TPSA) is 42.2 Å². The fourth-order valence-corrected chi connectivity index (χ4v) is 4.12. The highest BCUT2D eigenvalue weighted by atomic mass is 32.1. The van der Waals surface area contributed by atoms with Crippen LogP contribution in [0.2, 0.25) is 0 Å². The quantitative estimate of drug-likeness (QED) is 0.747. The average molecular weight is 337 g/mol. The van der Waals surface area contributed by atoms with Crippen molar-refractivity contribution in [2.45, 2.75) is 31.7 Å². The number of thiophene rings is 1. The molecule has 2 heterocycles. The van der Waals surface area contributed by atoms with Gasteiger partial charge in [-0.05, 0) is 59.9 Å². The van der Waals surface area contributed by atoms with Crippen LogP contribution in [0.5, 0.6) is 0 Å². The minimum atomic E-state index is -0.125. The van der Waals surface area contributed by atoms with E-state index in [9.17, 15) is 4.79 Å². The van der Waals surface area contributed by atoms with E-state index < -0.39 is 0 Å². The number of furan rings is 1. The molecular weight excluding hydrogens is 318 g/mol. The Morgan fingerprint density at radius 1 is 1.12 bits per heavy atom. The summed E-state index contributed by atoms with van der Waals surface area (Å²) in [6.45, 7) is 0. The first-order valence-corrected chi connectivity index (χ1v) is 9.17. The Morgan fingerprint density at radius 3 is 2.75 bits per heavy atom. The molecule has 0 fully saturated rings. The monoisotopic (exact) mass is 337 g/mol. The van der Waals surface area contributed by atoms with Crippen molar-refractivity contribution in [3.05, 3.63) is 81.4 Å². The van der Waals surface area contributed by atoms with E-state index in [-0.39, 0.29) is 11.9 Å². The number of rotatable bonds is 4. The van der Waals surface area contributed by atoms with E-state index in [2.05, 4.69) is 29.6 Å². The first-order chi connectivity index (χ1) is 11.8. The van der Waals surface area contributed by atoms with Gasteiger partial charge in [0, 0.05) is 4.88 Å². The fourth-order valence-electron chi connectivity index (χ4n) is 3.32. The molecule has 0 bridgehead atoms. The maximum absolute atomic E-state index is 12.5. The molecule has 0 saturated carbocycles. The normalized spacial score (nSPS) is 14.8. The molecule has 1 aromatic carbocycles. The van der Waals surface area contributed by atoms with Gasteiger partial charge < -0.3 is 9.73 Å². The number of nitrogens with one attached hydrogen (secondary N) is 1. The second kappa shape index (κ2) is 6.65. The van der Waals surface area contributed by atoms with Gasteiger partial charge >= 0.3 is 0 Å². The summed E-state index contributed by atoms with van der Waals surface area (Å²) in [4.78, 5) is 13.6. The Morgan fingerprint density at radius 2 is 2.00 bits per heavy atom. The van der Waals surface area contributed by atoms with Gasteiger partial charge in [0.25, 0.3) is 5.91 Å². The Labute approximate surface area is 145 Å². The minimum absolute atomic E-state index is 0.111. The molecule has 4 heteroatoms. The zero-order valence-corrected chi connectivity index (χ0v) is 14.1. The molecule has 1 aliphatic carbocycles. The Balaban J connectivity index is 1.67. The molecule has 122 valence electrons. The summed E-state index contributed by atoms with van der Waals surface area (Å²) in [5.74, 6) is -0.111. The van der Waals surface area contributed by atoms with Gasteiger partial charge in [0.2, 0.25) is 0 Å². The lowest BCUT2D eigenvalue weighted by molar-refractivity contribution is 0.0943. The van der Waals surface area contributed by atoms with Gasteiger partial charge in [-0.2, -0.15) is 0 Å². The molecule has 0 radical (unpaired) electrons. The maximum atomic E-state index is 12.5. The van der Waals surface area contributed by atoms with Gasteiger partial charge in [0.1, 0.15) is 6.26 Å². The largest absolute Gasteiger partial charge is 0.472 e. The summed E-state index contributed by atoms with van der Waals surface area (Å²) in [6.07, 6.45) is 7.83. The van der Waals surface area contributed by atoms with Gasteiger partial charge in [0.05, 0.1) is 17.9 Å². The van der Waals surface area contributed by atoms with Crippen LogP contribution in [0.3, 0.4) is 0 Å². The van der Waals surface area contributed by atoms with Crippen LogP contribution in [0.1, 0.15) is 50.8 Å². The van der Waals surface area contributed by atoms with Crippen LogP contribution in [0.4, 0.5) is 0 Å². The lowest BCUT2D eigenvalue weighted by Crippen LogP contribution is -2.28. The number of carbonyl (C=O) groups is 1. The molecule has 4 rings (SSSR count). The summed E-state index contributed by atoms with van der Waals surface area (Å²) in [6, 6.07) is 12.3. The van der Waals surface area contributed by atoms with Gasteiger partial charge in [-0.1, -0.05) is 24.3 Å². The van der Waals surface area contributed by atoms with Gasteiger partial charge in [-0.15, -0.1) is 11.3 Å². The second-order valence-electron chi connectivity index (χ2n) is 6.17. The highest BCUT2D eigenvalue weighted by molar-refractivity contribution is 7.10. The third-order valence-electron chi connectivity index (χ3n) is 4.59. The number of benzene rings is 1. The number of hydrogen-bond donors (Lipinski definition) is 1. The average Bonchev–Trinajstić information content (AvgIpc) is 3.32. The summed E-state index contributed by atoms with van der Waals surface area (Å²) in [5.41, 5.74) is 4.58. The van der Waals surface area contributed by atoms with Crippen LogP contribution in [0, 0.1) is 0 Å². The third kappa shape index (κ3) is 3.02. The van der Waals surface area contributed by atoms with Crippen LogP contribution >= 0.6 is 11.3 Å². The summed E-state index contributed by atoms with van der Waals surface area (Å²) in [7, 11) is 0. The van der Waals surface area contributed by atoms with Crippen LogP contribution in [-0.2, 0) is 12.8 Å². The predicted molar refractivity (Wildman–Crippen MR) is 95.4 cm³/mol. The van der Waals surface area contributed by atoms with E-state index in [0.29, 0.717) is 5.56 Å². The minimum Gasteiger partial charge on any atom is -0.472 e. The molecule has 3 nitrogen and oxygen atoms in total. The van der Waals surface area contributed by atoms with E-state index in [1.165, 1.54) is 42.9 Å². The SMILES string of the molecule is O=C(NC(c1ccc2c(c1)CCCC2)c1cccs1)c1ccoc1. The number of amides is 1. The third-order valence-corrected chi connectivity index (χ3v) is 5.53. The van der Waals surface area contributed by atoms with E-state index in [4.69, 9.17) is 4.42 Å². The standard InChI is InChI=1S/C20H19NO2S/c22-20(17-9-10-23-13-17)21-19(18-6-3-11-24-18)16-8-7-14-4-1-2-5-15(14)12-16/h3,6-13,19H,1-2,4-5H2,(H,21,22). The molecule has 0 saturated heterocycles. The van der Waals surface area contributed by atoms with Crippen molar-refractivity contribution in [2.24, 2.45) is 0 Å². The molecule has 1 atom stereocenters. The second-order valence-corrected chi connectivity index (χ2v) is 7.15. The molecule has 24 heavy (non-hydrogen) atoms. The Bertz CT molecular complexity index is 821. The molecule has 0 aliphatic heterocycles. The van der Waals surface area contributed by atoms with Crippen molar-refractivity contribution in [2.75, 3.05) is 0 Å². The zero-order valence-electron chi connectivity index (χ0n) is 13.3. The first kappa shape index (κ1) is 15.2. The van der Waals surface area contributed by atoms with E-state index in [1.54, 1.807) is 17.4 Å². The highest BCUT2D eigenvalue weighted by Gasteiger charge is 2.21. The van der Waals surface area contributed by atoms with Gasteiger partial charge in [-0.3, -0.25) is 4.79 Å². The fraction of sp³-hybridized carbons (Fsp3) is 0.250. The van der Waals surface area contributed by atoms with Crippen molar-refractivity contribution >= 4 is 17.2 Å². The van der Waals surface area contributed by atoms with Crippen molar-refractivity contribution in [3.63, 3.8) is 0 Å². The Kier molecular flexibility index (Phi) is 4.22. The Hall–Kier alpha value is -2.33. The molecule has 3 aromatic rings. The number of hydrogen-bond acceptors (Lipinski definition) is 3. The number of aryl methyl sites for hydroxylation is 2. The first-order valence-electron chi connectivity index (χ1n) is 8.29. The van der Waals surface area contributed by atoms with Crippen LogP contribution in [-0.4, -0.2) is 5.91 Å². The smallest absolute Gasteiger partial charge is 0.255 e. The van der Waals surface area contributed by atoms with E-state index in [0.717, 1.165) is 16.9 Å². The molecule has 0 spiro atoms. The van der Waals surface area contributed by atoms with Crippen LogP contribution in [0.25, 0.3) is 0 Å². The number of carbonyl (C=O) groups excluding carboxylic acids is 1.